The highest BCUT2D eigenvalue weighted by atomic mass is 32.2. The van der Waals surface area contributed by atoms with Gasteiger partial charge in [0.15, 0.2) is 0 Å². The lowest BCUT2D eigenvalue weighted by molar-refractivity contribution is 0.287. The van der Waals surface area contributed by atoms with Crippen LogP contribution in [0.25, 0.3) is 11.0 Å². The van der Waals surface area contributed by atoms with Crippen molar-refractivity contribution in [3.8, 4) is 0 Å². The third kappa shape index (κ3) is 2.76. The summed E-state index contributed by atoms with van der Waals surface area (Å²) >= 11 is 1.96. The van der Waals surface area contributed by atoms with Crippen LogP contribution in [-0.2, 0) is 6.42 Å². The predicted octanol–water partition coefficient (Wildman–Crippen LogP) is 3.49. The van der Waals surface area contributed by atoms with E-state index in [0.717, 1.165) is 31.0 Å². The number of thioether (sulfide) groups is 1. The van der Waals surface area contributed by atoms with Crippen LogP contribution < -0.4 is 4.90 Å². The van der Waals surface area contributed by atoms with Gasteiger partial charge in [-0.05, 0) is 42.2 Å². The zero-order chi connectivity index (χ0) is 14.9. The number of hydrogen-bond acceptors (Lipinski definition) is 4. The molecule has 2 aromatic heterocycles. The molecule has 0 bridgehead atoms. The number of nitrogens with one attached hydrogen (secondary N) is 1. The molecule has 0 aromatic carbocycles. The van der Waals surface area contributed by atoms with E-state index >= 15 is 0 Å². The molecule has 114 valence electrons. The van der Waals surface area contributed by atoms with Crippen LogP contribution in [-0.4, -0.2) is 40.1 Å². The number of aryl methyl sites for hydroxylation is 1. The van der Waals surface area contributed by atoms with Gasteiger partial charge >= 0.3 is 0 Å². The first-order valence-corrected chi connectivity index (χ1v) is 9.11. The number of piperidine rings is 1. The van der Waals surface area contributed by atoms with E-state index in [1.807, 2.05) is 11.8 Å². The molecule has 4 nitrogen and oxygen atoms in total. The monoisotopic (exact) mass is 304 g/mol. The molecule has 3 rings (SSSR count). The van der Waals surface area contributed by atoms with Crippen LogP contribution in [0.2, 0.25) is 0 Å². The maximum Gasteiger partial charge on any atom is 0.143 e. The topological polar surface area (TPSA) is 44.8 Å². The van der Waals surface area contributed by atoms with E-state index < -0.39 is 0 Å². The smallest absolute Gasteiger partial charge is 0.143 e. The zero-order valence-electron chi connectivity index (χ0n) is 13.1. The van der Waals surface area contributed by atoms with Crippen LogP contribution in [0, 0.1) is 5.41 Å². The number of nitrogens with zero attached hydrogens (tertiary/aromatic N) is 3. The Balaban J connectivity index is 1.87. The molecule has 1 fully saturated rings. The molecule has 0 atom stereocenters. The minimum Gasteiger partial charge on any atom is -0.356 e. The van der Waals surface area contributed by atoms with Gasteiger partial charge in [-0.3, -0.25) is 0 Å². The van der Waals surface area contributed by atoms with Crippen molar-refractivity contribution >= 4 is 28.6 Å². The van der Waals surface area contributed by atoms with E-state index in [4.69, 9.17) is 0 Å². The van der Waals surface area contributed by atoms with Gasteiger partial charge in [-0.2, -0.15) is 11.8 Å². The normalized spacial score (nSPS) is 18.3. The molecule has 3 heterocycles. The summed E-state index contributed by atoms with van der Waals surface area (Å²) in [7, 11) is 0. The Kier molecular flexibility index (Phi) is 4.11. The van der Waals surface area contributed by atoms with Gasteiger partial charge in [-0.15, -0.1) is 0 Å². The molecular formula is C16H24N4S. The van der Waals surface area contributed by atoms with Crippen molar-refractivity contribution in [1.82, 2.24) is 15.0 Å². The quantitative estimate of drug-likeness (QED) is 0.939. The van der Waals surface area contributed by atoms with Gasteiger partial charge in [-0.1, -0.05) is 13.8 Å². The van der Waals surface area contributed by atoms with Crippen molar-refractivity contribution < 1.29 is 0 Å². The van der Waals surface area contributed by atoms with E-state index in [0.29, 0.717) is 5.41 Å². The Hall–Kier alpha value is -1.23. The number of aromatic amines is 1. The van der Waals surface area contributed by atoms with Crippen molar-refractivity contribution in [3.05, 3.63) is 18.1 Å². The van der Waals surface area contributed by atoms with Crippen molar-refractivity contribution in [2.45, 2.75) is 33.1 Å². The second kappa shape index (κ2) is 5.87. The van der Waals surface area contributed by atoms with Gasteiger partial charge in [0.1, 0.15) is 17.8 Å². The lowest BCUT2D eigenvalue weighted by Gasteiger charge is -2.39. The van der Waals surface area contributed by atoms with Crippen molar-refractivity contribution in [2.24, 2.45) is 5.41 Å². The molecule has 21 heavy (non-hydrogen) atoms. The van der Waals surface area contributed by atoms with E-state index in [1.54, 1.807) is 6.33 Å². The first kappa shape index (κ1) is 14.7. The summed E-state index contributed by atoms with van der Waals surface area (Å²) in [5, 5.41) is 1.22. The highest BCUT2D eigenvalue weighted by molar-refractivity contribution is 7.98. The molecule has 0 aliphatic carbocycles. The molecule has 0 saturated carbocycles. The van der Waals surface area contributed by atoms with E-state index in [-0.39, 0.29) is 0 Å². The molecule has 1 saturated heterocycles. The van der Waals surface area contributed by atoms with Gasteiger partial charge in [0.2, 0.25) is 0 Å². The molecule has 0 spiro atoms. The number of rotatable bonds is 4. The minimum absolute atomic E-state index is 0.480. The fourth-order valence-corrected chi connectivity index (χ4v) is 4.26. The third-order valence-electron chi connectivity index (χ3n) is 4.68. The number of fused-ring (bicyclic) bond motifs is 1. The van der Waals surface area contributed by atoms with Crippen LogP contribution in [0.3, 0.4) is 0 Å². The first-order valence-electron chi connectivity index (χ1n) is 7.72. The second-order valence-electron chi connectivity index (χ2n) is 6.32. The van der Waals surface area contributed by atoms with Crippen LogP contribution in [0.4, 0.5) is 5.82 Å². The summed E-state index contributed by atoms with van der Waals surface area (Å²) in [6, 6.07) is 0. The highest BCUT2D eigenvalue weighted by Gasteiger charge is 2.31. The van der Waals surface area contributed by atoms with E-state index in [1.165, 1.54) is 29.5 Å². The molecule has 2 aromatic rings. The fraction of sp³-hybridized carbons (Fsp3) is 0.625. The first-order chi connectivity index (χ1) is 10.2. The van der Waals surface area contributed by atoms with Gasteiger partial charge < -0.3 is 9.88 Å². The van der Waals surface area contributed by atoms with Crippen LogP contribution in [0.5, 0.6) is 0 Å². The summed E-state index contributed by atoms with van der Waals surface area (Å²) in [6.45, 7) is 6.80. The molecule has 1 aliphatic heterocycles. The molecule has 5 heteroatoms. The Bertz CT molecular complexity index is 614. The molecule has 0 radical (unpaired) electrons. The second-order valence-corrected chi connectivity index (χ2v) is 7.19. The average Bonchev–Trinajstić information content (AvgIpc) is 2.91. The molecule has 0 amide bonds. The summed E-state index contributed by atoms with van der Waals surface area (Å²) in [4.78, 5) is 14.7. The maximum absolute atomic E-state index is 4.59. The summed E-state index contributed by atoms with van der Waals surface area (Å²) in [5.74, 6) is 2.37. The molecule has 0 unspecified atom stereocenters. The van der Waals surface area contributed by atoms with E-state index in [9.17, 15) is 0 Å². The van der Waals surface area contributed by atoms with Crippen LogP contribution >= 0.6 is 11.8 Å². The Morgan fingerprint density at radius 1 is 1.33 bits per heavy atom. The van der Waals surface area contributed by atoms with E-state index in [2.05, 4.69) is 46.2 Å². The Labute approximate surface area is 130 Å². The van der Waals surface area contributed by atoms with Crippen LogP contribution in [0.1, 0.15) is 32.3 Å². The standard InChI is InChI=1S/C16H24N4S/c1-4-12-9-17-14-13(12)15(19-11-18-14)20-7-5-16(2,6-8-20)10-21-3/h9,11H,4-8,10H2,1-3H3,(H,17,18,19). The van der Waals surface area contributed by atoms with Crippen molar-refractivity contribution in [1.29, 1.82) is 0 Å². The zero-order valence-corrected chi connectivity index (χ0v) is 14.0. The number of aromatic nitrogens is 3. The van der Waals surface area contributed by atoms with Crippen molar-refractivity contribution in [2.75, 3.05) is 30.0 Å². The maximum atomic E-state index is 4.59. The Morgan fingerprint density at radius 3 is 2.76 bits per heavy atom. The van der Waals surface area contributed by atoms with Gasteiger partial charge in [0.25, 0.3) is 0 Å². The largest absolute Gasteiger partial charge is 0.356 e. The predicted molar refractivity (Wildman–Crippen MR) is 91.2 cm³/mol. The molecule has 1 N–H and O–H groups in total. The number of anilines is 1. The molecule has 1 aliphatic rings. The van der Waals surface area contributed by atoms with Crippen molar-refractivity contribution in [3.63, 3.8) is 0 Å². The van der Waals surface area contributed by atoms with Crippen LogP contribution in [0.15, 0.2) is 12.5 Å². The van der Waals surface area contributed by atoms with Gasteiger partial charge in [0, 0.05) is 19.3 Å². The lowest BCUT2D eigenvalue weighted by atomic mass is 9.82. The van der Waals surface area contributed by atoms with Gasteiger partial charge in [0.05, 0.1) is 5.39 Å². The van der Waals surface area contributed by atoms with Gasteiger partial charge in [-0.25, -0.2) is 9.97 Å². The summed E-state index contributed by atoms with van der Waals surface area (Å²) in [5.41, 5.74) is 2.76. The number of hydrogen-bond donors (Lipinski definition) is 1. The molecular weight excluding hydrogens is 280 g/mol. The lowest BCUT2D eigenvalue weighted by Crippen LogP contribution is -2.40. The average molecular weight is 304 g/mol. The fourth-order valence-electron chi connectivity index (χ4n) is 3.28. The number of H-pyrrole nitrogens is 1. The SMILES string of the molecule is CCc1c[nH]c2ncnc(N3CCC(C)(CSC)CC3)c12. The minimum atomic E-state index is 0.480. The summed E-state index contributed by atoms with van der Waals surface area (Å²) < 4.78 is 0. The Morgan fingerprint density at radius 2 is 2.10 bits per heavy atom. The summed E-state index contributed by atoms with van der Waals surface area (Å²) in [6.07, 6.45) is 9.46. The third-order valence-corrected chi connectivity index (χ3v) is 5.66. The highest BCUT2D eigenvalue weighted by Crippen LogP contribution is 2.36.